The van der Waals surface area contributed by atoms with E-state index in [1.807, 2.05) is 0 Å². The number of hydrogen-bond acceptors (Lipinski definition) is 2. The molecule has 3 heteroatoms. The first-order chi connectivity index (χ1) is 18.2. The molecule has 7 rings (SSSR count). The number of hydrogen-bond donors (Lipinski definition) is 0. The molecule has 0 radical (unpaired) electrons. The van der Waals surface area contributed by atoms with Crippen LogP contribution in [0, 0.1) is 11.8 Å². The van der Waals surface area contributed by atoms with Crippen molar-refractivity contribution in [1.82, 2.24) is 0 Å². The van der Waals surface area contributed by atoms with Crippen molar-refractivity contribution < 1.29 is 8.85 Å². The van der Waals surface area contributed by atoms with Crippen LogP contribution in [0.2, 0.25) is 12.1 Å². The minimum Gasteiger partial charge on any atom is -0.376 e. The van der Waals surface area contributed by atoms with Crippen LogP contribution in [0.3, 0.4) is 0 Å². The molecular formula is C34H32O2Si. The minimum absolute atomic E-state index is 0.420. The fourth-order valence-corrected chi connectivity index (χ4v) is 11.5. The lowest BCUT2D eigenvalue weighted by molar-refractivity contribution is 0.00370. The Morgan fingerprint density at radius 3 is 1.22 bits per heavy atom. The van der Waals surface area contributed by atoms with Crippen LogP contribution in [-0.2, 0) is 20.1 Å². The van der Waals surface area contributed by atoms with E-state index in [2.05, 4.69) is 140 Å². The van der Waals surface area contributed by atoms with Gasteiger partial charge in [-0.15, -0.1) is 0 Å². The van der Waals surface area contributed by atoms with E-state index in [0.29, 0.717) is 17.4 Å². The van der Waals surface area contributed by atoms with E-state index in [1.54, 1.807) is 0 Å². The van der Waals surface area contributed by atoms with Gasteiger partial charge in [-0.25, -0.2) is 0 Å². The summed E-state index contributed by atoms with van der Waals surface area (Å²) in [5.74, 6) is 1.19. The first kappa shape index (κ1) is 22.9. The minimum atomic E-state index is -2.76. The zero-order chi connectivity index (χ0) is 24.9. The average Bonchev–Trinajstić information content (AvgIpc) is 3.69. The number of fused-ring (bicyclic) bond motifs is 2. The largest absolute Gasteiger partial charge is 0.376 e. The van der Waals surface area contributed by atoms with Gasteiger partial charge in [0, 0.05) is 5.54 Å². The lowest BCUT2D eigenvalue weighted by Gasteiger charge is -2.45. The summed E-state index contributed by atoms with van der Waals surface area (Å²) in [6, 6.07) is 43.1. The summed E-state index contributed by atoms with van der Waals surface area (Å²) < 4.78 is 15.5. The zero-order valence-electron chi connectivity index (χ0n) is 21.2. The topological polar surface area (TPSA) is 18.5 Å². The van der Waals surface area contributed by atoms with Crippen LogP contribution in [0.1, 0.15) is 35.1 Å². The summed E-state index contributed by atoms with van der Waals surface area (Å²) in [5, 5.41) is 0. The van der Waals surface area contributed by atoms with Crippen molar-refractivity contribution in [1.29, 1.82) is 0 Å². The van der Waals surface area contributed by atoms with Gasteiger partial charge in [0.1, 0.15) is 11.2 Å². The maximum absolute atomic E-state index is 7.75. The van der Waals surface area contributed by atoms with Crippen LogP contribution in [0.25, 0.3) is 0 Å². The summed E-state index contributed by atoms with van der Waals surface area (Å²) in [6.45, 7) is 2.33. The van der Waals surface area contributed by atoms with E-state index in [-0.39, 0.29) is 0 Å². The van der Waals surface area contributed by atoms with Crippen molar-refractivity contribution in [3.05, 3.63) is 156 Å². The SMILES string of the molecule is C[Si]1(C2CC3C=CC2C3)OC(c2ccccc2)(c2ccccc2)C(c2ccccc2)(c2ccccc2)O1. The Bertz CT molecular complexity index is 1230. The second kappa shape index (κ2) is 8.66. The van der Waals surface area contributed by atoms with Gasteiger partial charge in [-0.2, -0.15) is 0 Å². The van der Waals surface area contributed by atoms with E-state index < -0.39 is 19.8 Å². The molecule has 0 spiro atoms. The van der Waals surface area contributed by atoms with Gasteiger partial charge in [0.2, 0.25) is 0 Å². The Hall–Kier alpha value is -3.24. The molecule has 4 aromatic carbocycles. The van der Waals surface area contributed by atoms with Crippen molar-refractivity contribution in [2.45, 2.75) is 36.1 Å². The first-order valence-electron chi connectivity index (χ1n) is 13.5. The molecule has 4 aromatic rings. The van der Waals surface area contributed by atoms with E-state index in [9.17, 15) is 0 Å². The summed E-state index contributed by atoms with van der Waals surface area (Å²) in [5.41, 5.74) is 3.25. The molecule has 1 saturated heterocycles. The van der Waals surface area contributed by atoms with Crippen molar-refractivity contribution in [3.63, 3.8) is 0 Å². The normalized spacial score (nSPS) is 26.4. The van der Waals surface area contributed by atoms with Crippen LogP contribution in [0.4, 0.5) is 0 Å². The van der Waals surface area contributed by atoms with E-state index in [1.165, 1.54) is 6.42 Å². The van der Waals surface area contributed by atoms with Crippen LogP contribution in [0.5, 0.6) is 0 Å². The fraction of sp³-hybridized carbons (Fsp3) is 0.235. The van der Waals surface area contributed by atoms with Crippen molar-refractivity contribution in [3.8, 4) is 0 Å². The standard InChI is InChI=1S/C34H32O2Si/c1-37(32-25-26-22-23-27(32)24-26)35-33(28-14-6-2-7-15-28,29-16-8-3-9-17-29)34(36-37,30-18-10-4-11-19-30)31-20-12-5-13-21-31/h2-23,26-27,32H,24-25H2,1H3. The van der Waals surface area contributed by atoms with Gasteiger partial charge < -0.3 is 8.85 Å². The summed E-state index contributed by atoms with van der Waals surface area (Å²) in [4.78, 5) is 0. The maximum Gasteiger partial charge on any atom is 0.340 e. The van der Waals surface area contributed by atoms with E-state index in [4.69, 9.17) is 8.85 Å². The average molecular weight is 501 g/mol. The van der Waals surface area contributed by atoms with Gasteiger partial charge in [0.25, 0.3) is 0 Å². The molecule has 0 N–H and O–H groups in total. The van der Waals surface area contributed by atoms with E-state index in [0.717, 1.165) is 28.7 Å². The Balaban J connectivity index is 1.58. The second-order valence-corrected chi connectivity index (χ2v) is 14.1. The summed E-state index contributed by atoms with van der Waals surface area (Å²) in [6.07, 6.45) is 7.23. The predicted molar refractivity (Wildman–Crippen MR) is 150 cm³/mol. The van der Waals surface area contributed by atoms with Gasteiger partial charge in [-0.3, -0.25) is 0 Å². The molecule has 3 unspecified atom stereocenters. The van der Waals surface area contributed by atoms with Crippen molar-refractivity contribution in [2.75, 3.05) is 0 Å². The van der Waals surface area contributed by atoms with Crippen molar-refractivity contribution >= 4 is 8.56 Å². The zero-order valence-corrected chi connectivity index (χ0v) is 22.2. The highest BCUT2D eigenvalue weighted by Crippen LogP contribution is 2.65. The number of rotatable bonds is 5. The molecule has 3 aliphatic rings. The molecule has 2 aliphatic carbocycles. The van der Waals surface area contributed by atoms with Crippen LogP contribution in [0.15, 0.2) is 133 Å². The summed E-state index contributed by atoms with van der Waals surface area (Å²) in [7, 11) is -2.76. The quantitative estimate of drug-likeness (QED) is 0.204. The molecule has 0 aromatic heterocycles. The van der Waals surface area contributed by atoms with Crippen LogP contribution < -0.4 is 0 Å². The Kier molecular flexibility index (Phi) is 5.36. The molecule has 37 heavy (non-hydrogen) atoms. The maximum atomic E-state index is 7.75. The first-order valence-corrected chi connectivity index (χ1v) is 15.9. The highest BCUT2D eigenvalue weighted by atomic mass is 28.4. The third-order valence-corrected chi connectivity index (χ3v) is 12.3. The van der Waals surface area contributed by atoms with Gasteiger partial charge >= 0.3 is 8.56 Å². The van der Waals surface area contributed by atoms with Gasteiger partial charge in [0.05, 0.1) is 0 Å². The molecule has 3 atom stereocenters. The Morgan fingerprint density at radius 2 is 0.919 bits per heavy atom. The molecule has 184 valence electrons. The molecule has 2 bridgehead atoms. The molecule has 1 aliphatic heterocycles. The highest BCUT2D eigenvalue weighted by Gasteiger charge is 2.71. The Labute approximate surface area is 220 Å². The third kappa shape index (κ3) is 3.31. The summed E-state index contributed by atoms with van der Waals surface area (Å²) >= 11 is 0. The smallest absolute Gasteiger partial charge is 0.340 e. The van der Waals surface area contributed by atoms with Crippen molar-refractivity contribution in [2.24, 2.45) is 11.8 Å². The molecular weight excluding hydrogens is 468 g/mol. The van der Waals surface area contributed by atoms with Gasteiger partial charge in [0.15, 0.2) is 0 Å². The van der Waals surface area contributed by atoms with Gasteiger partial charge in [-0.1, -0.05) is 133 Å². The molecule has 2 fully saturated rings. The number of benzene rings is 4. The second-order valence-electron chi connectivity index (χ2n) is 10.9. The lowest BCUT2D eigenvalue weighted by Crippen LogP contribution is -2.48. The van der Waals surface area contributed by atoms with Crippen LogP contribution in [-0.4, -0.2) is 8.56 Å². The van der Waals surface area contributed by atoms with Gasteiger partial charge in [-0.05, 0) is 53.5 Å². The van der Waals surface area contributed by atoms with Crippen LogP contribution >= 0.6 is 0 Å². The molecule has 2 nitrogen and oxygen atoms in total. The predicted octanol–water partition coefficient (Wildman–Crippen LogP) is 7.96. The number of allylic oxidation sites excluding steroid dienone is 2. The highest BCUT2D eigenvalue weighted by molar-refractivity contribution is 6.68. The lowest BCUT2D eigenvalue weighted by atomic mass is 9.66. The Morgan fingerprint density at radius 1 is 0.541 bits per heavy atom. The molecule has 0 amide bonds. The van der Waals surface area contributed by atoms with E-state index >= 15 is 0 Å². The third-order valence-electron chi connectivity index (χ3n) is 8.88. The molecule has 1 heterocycles. The fourth-order valence-electron chi connectivity index (χ4n) is 7.38. The monoisotopic (exact) mass is 500 g/mol. The molecule has 1 saturated carbocycles.